The molecule has 0 aliphatic rings. The van der Waals surface area contributed by atoms with Gasteiger partial charge in [0.05, 0.1) is 6.61 Å². The standard InChI is InChI=1S/C11H13BrN2O2S/c1-16-6-5-13-11(17)14-10(15)8-3-2-4-9(12)7-8/h2-4,7H,5-6H2,1H3,(H2,13,14,15,17). The van der Waals surface area contributed by atoms with E-state index in [0.717, 1.165) is 4.47 Å². The summed E-state index contributed by atoms with van der Waals surface area (Å²) in [5.74, 6) is -0.235. The molecule has 0 radical (unpaired) electrons. The van der Waals surface area contributed by atoms with E-state index in [0.29, 0.717) is 23.8 Å². The van der Waals surface area contributed by atoms with E-state index in [4.69, 9.17) is 17.0 Å². The van der Waals surface area contributed by atoms with E-state index >= 15 is 0 Å². The molecule has 0 aromatic heterocycles. The SMILES string of the molecule is COCCNC(=S)NC(=O)c1cccc(Br)c1. The van der Waals surface area contributed by atoms with Crippen LogP contribution in [0.2, 0.25) is 0 Å². The molecule has 0 saturated carbocycles. The number of rotatable bonds is 4. The van der Waals surface area contributed by atoms with Crippen LogP contribution in [-0.4, -0.2) is 31.3 Å². The molecule has 0 heterocycles. The maximum absolute atomic E-state index is 11.7. The molecule has 4 nitrogen and oxygen atoms in total. The van der Waals surface area contributed by atoms with E-state index in [1.165, 1.54) is 0 Å². The minimum absolute atomic E-state index is 0.235. The van der Waals surface area contributed by atoms with Gasteiger partial charge < -0.3 is 10.1 Å². The first-order valence-electron chi connectivity index (χ1n) is 4.97. The van der Waals surface area contributed by atoms with E-state index < -0.39 is 0 Å². The summed E-state index contributed by atoms with van der Waals surface area (Å²) in [6, 6.07) is 7.09. The highest BCUT2D eigenvalue weighted by molar-refractivity contribution is 9.10. The van der Waals surface area contributed by atoms with Crippen molar-refractivity contribution in [2.45, 2.75) is 0 Å². The smallest absolute Gasteiger partial charge is 0.257 e. The second-order valence-electron chi connectivity index (χ2n) is 3.21. The van der Waals surface area contributed by atoms with Crippen LogP contribution < -0.4 is 10.6 Å². The topological polar surface area (TPSA) is 50.4 Å². The predicted molar refractivity (Wildman–Crippen MR) is 74.1 cm³/mol. The van der Waals surface area contributed by atoms with Crippen molar-refractivity contribution >= 4 is 39.2 Å². The minimum Gasteiger partial charge on any atom is -0.383 e. The van der Waals surface area contributed by atoms with Crippen LogP contribution >= 0.6 is 28.1 Å². The third-order valence-corrected chi connectivity index (χ3v) is 2.65. The summed E-state index contributed by atoms with van der Waals surface area (Å²) in [5, 5.41) is 5.75. The Labute approximate surface area is 114 Å². The van der Waals surface area contributed by atoms with E-state index in [9.17, 15) is 4.79 Å². The van der Waals surface area contributed by atoms with Crippen LogP contribution in [-0.2, 0) is 4.74 Å². The number of amides is 1. The zero-order valence-electron chi connectivity index (χ0n) is 9.33. The quantitative estimate of drug-likeness (QED) is 0.656. The average Bonchev–Trinajstić information content (AvgIpc) is 2.29. The van der Waals surface area contributed by atoms with Crippen LogP contribution in [0.4, 0.5) is 0 Å². The number of halogens is 1. The monoisotopic (exact) mass is 316 g/mol. The van der Waals surface area contributed by atoms with Crippen molar-refractivity contribution in [2.75, 3.05) is 20.3 Å². The van der Waals surface area contributed by atoms with Crippen LogP contribution in [0.1, 0.15) is 10.4 Å². The molecule has 0 atom stereocenters. The summed E-state index contributed by atoms with van der Waals surface area (Å²) in [4.78, 5) is 11.7. The Balaban J connectivity index is 2.46. The Morgan fingerprint density at radius 1 is 1.53 bits per heavy atom. The van der Waals surface area contributed by atoms with Crippen LogP contribution in [0, 0.1) is 0 Å². The largest absolute Gasteiger partial charge is 0.383 e. The molecule has 2 N–H and O–H groups in total. The number of nitrogens with one attached hydrogen (secondary N) is 2. The molecular formula is C11H13BrN2O2S. The molecule has 1 amide bonds. The molecule has 6 heteroatoms. The Kier molecular flexibility index (Phi) is 6.10. The lowest BCUT2D eigenvalue weighted by Crippen LogP contribution is -2.40. The summed E-state index contributed by atoms with van der Waals surface area (Å²) < 4.78 is 5.71. The molecule has 0 unspecified atom stereocenters. The fraction of sp³-hybridized carbons (Fsp3) is 0.273. The Morgan fingerprint density at radius 3 is 2.94 bits per heavy atom. The lowest BCUT2D eigenvalue weighted by molar-refractivity contribution is 0.0976. The van der Waals surface area contributed by atoms with E-state index in [1.807, 2.05) is 6.07 Å². The van der Waals surface area contributed by atoms with Gasteiger partial charge in [-0.3, -0.25) is 10.1 Å². The first-order valence-corrected chi connectivity index (χ1v) is 6.17. The highest BCUT2D eigenvalue weighted by Gasteiger charge is 2.07. The summed E-state index contributed by atoms with van der Waals surface area (Å²) in [6.07, 6.45) is 0. The predicted octanol–water partition coefficient (Wildman–Crippen LogP) is 1.70. The Hall–Kier alpha value is -0.980. The molecule has 0 bridgehead atoms. The third kappa shape index (κ3) is 5.25. The third-order valence-electron chi connectivity index (χ3n) is 1.91. The van der Waals surface area contributed by atoms with Gasteiger partial charge in [0.2, 0.25) is 0 Å². The number of methoxy groups -OCH3 is 1. The molecule has 0 aliphatic carbocycles. The second kappa shape index (κ2) is 7.37. The van der Waals surface area contributed by atoms with Gasteiger partial charge >= 0.3 is 0 Å². The van der Waals surface area contributed by atoms with Gasteiger partial charge in [0, 0.05) is 23.7 Å². The van der Waals surface area contributed by atoms with Gasteiger partial charge in [-0.1, -0.05) is 22.0 Å². The molecule has 17 heavy (non-hydrogen) atoms. The number of carbonyl (C=O) groups excluding carboxylic acids is 1. The fourth-order valence-electron chi connectivity index (χ4n) is 1.12. The summed E-state index contributed by atoms with van der Waals surface area (Å²) in [7, 11) is 1.60. The molecule has 0 saturated heterocycles. The molecule has 1 aromatic carbocycles. The minimum atomic E-state index is -0.235. The maximum Gasteiger partial charge on any atom is 0.257 e. The molecular weight excluding hydrogens is 304 g/mol. The van der Waals surface area contributed by atoms with Crippen molar-refractivity contribution in [3.63, 3.8) is 0 Å². The van der Waals surface area contributed by atoms with Crippen molar-refractivity contribution in [2.24, 2.45) is 0 Å². The van der Waals surface area contributed by atoms with Gasteiger partial charge in [-0.15, -0.1) is 0 Å². The molecule has 92 valence electrons. The normalized spacial score (nSPS) is 9.76. The van der Waals surface area contributed by atoms with Gasteiger partial charge in [-0.2, -0.15) is 0 Å². The average molecular weight is 317 g/mol. The summed E-state index contributed by atoms with van der Waals surface area (Å²) in [5.41, 5.74) is 0.551. The highest BCUT2D eigenvalue weighted by atomic mass is 79.9. The van der Waals surface area contributed by atoms with Gasteiger partial charge in [0.25, 0.3) is 5.91 Å². The zero-order valence-corrected chi connectivity index (χ0v) is 11.7. The number of hydrogen-bond acceptors (Lipinski definition) is 3. The molecule has 0 spiro atoms. The van der Waals surface area contributed by atoms with Crippen LogP contribution in [0.25, 0.3) is 0 Å². The summed E-state index contributed by atoms with van der Waals surface area (Å²) in [6.45, 7) is 1.10. The Morgan fingerprint density at radius 2 is 2.29 bits per heavy atom. The Bertz CT molecular complexity index is 412. The van der Waals surface area contributed by atoms with Crippen LogP contribution in [0.5, 0.6) is 0 Å². The first kappa shape index (κ1) is 14.1. The van der Waals surface area contributed by atoms with Crippen molar-refractivity contribution < 1.29 is 9.53 Å². The van der Waals surface area contributed by atoms with Gasteiger partial charge in [-0.25, -0.2) is 0 Å². The molecule has 0 fully saturated rings. The number of hydrogen-bond donors (Lipinski definition) is 2. The lowest BCUT2D eigenvalue weighted by atomic mass is 10.2. The molecule has 1 aromatic rings. The van der Waals surface area contributed by atoms with Gasteiger partial charge in [0.1, 0.15) is 0 Å². The van der Waals surface area contributed by atoms with Gasteiger partial charge in [-0.05, 0) is 30.4 Å². The maximum atomic E-state index is 11.7. The molecule has 1 rings (SSSR count). The van der Waals surface area contributed by atoms with Gasteiger partial charge in [0.15, 0.2) is 5.11 Å². The number of carbonyl (C=O) groups is 1. The van der Waals surface area contributed by atoms with E-state index in [1.54, 1.807) is 25.3 Å². The number of benzene rings is 1. The van der Waals surface area contributed by atoms with Crippen molar-refractivity contribution in [3.05, 3.63) is 34.3 Å². The highest BCUT2D eigenvalue weighted by Crippen LogP contribution is 2.11. The van der Waals surface area contributed by atoms with E-state index in [-0.39, 0.29) is 5.91 Å². The second-order valence-corrected chi connectivity index (χ2v) is 4.54. The van der Waals surface area contributed by atoms with Crippen molar-refractivity contribution in [1.29, 1.82) is 0 Å². The summed E-state index contributed by atoms with van der Waals surface area (Å²) >= 11 is 8.27. The van der Waals surface area contributed by atoms with Crippen LogP contribution in [0.3, 0.4) is 0 Å². The zero-order chi connectivity index (χ0) is 12.7. The fourth-order valence-corrected chi connectivity index (χ4v) is 1.71. The van der Waals surface area contributed by atoms with E-state index in [2.05, 4.69) is 26.6 Å². The van der Waals surface area contributed by atoms with Crippen molar-refractivity contribution in [1.82, 2.24) is 10.6 Å². The number of ether oxygens (including phenoxy) is 1. The number of thiocarbonyl (C=S) groups is 1. The van der Waals surface area contributed by atoms with Crippen molar-refractivity contribution in [3.8, 4) is 0 Å². The first-order chi connectivity index (χ1) is 8.13. The molecule has 0 aliphatic heterocycles. The van der Waals surface area contributed by atoms with Crippen LogP contribution in [0.15, 0.2) is 28.7 Å². The lowest BCUT2D eigenvalue weighted by Gasteiger charge is -2.09.